The molecule has 0 spiro atoms. The van der Waals surface area contributed by atoms with Gasteiger partial charge in [-0.15, -0.1) is 11.3 Å². The minimum absolute atomic E-state index is 0.159. The van der Waals surface area contributed by atoms with Crippen LogP contribution in [0, 0.1) is 0 Å². The monoisotopic (exact) mass is 426 g/mol. The van der Waals surface area contributed by atoms with Gasteiger partial charge in [0.05, 0.1) is 11.9 Å². The van der Waals surface area contributed by atoms with Crippen LogP contribution in [0.3, 0.4) is 0 Å². The lowest BCUT2D eigenvalue weighted by Gasteiger charge is -2.13. The maximum absolute atomic E-state index is 13.6. The van der Waals surface area contributed by atoms with Crippen LogP contribution in [0.15, 0.2) is 40.3 Å². The smallest absolute Gasteiger partial charge is 0.263 e. The summed E-state index contributed by atoms with van der Waals surface area (Å²) in [5.74, 6) is 1.03. The maximum Gasteiger partial charge on any atom is 0.263 e. The van der Waals surface area contributed by atoms with Crippen molar-refractivity contribution in [1.29, 1.82) is 0 Å². The van der Waals surface area contributed by atoms with Crippen LogP contribution in [0.5, 0.6) is 0 Å². The Kier molecular flexibility index (Phi) is 7.09. The second kappa shape index (κ2) is 9.94. The molecule has 0 amide bonds. The van der Waals surface area contributed by atoms with Crippen molar-refractivity contribution in [3.63, 3.8) is 0 Å². The molecule has 0 saturated heterocycles. The van der Waals surface area contributed by atoms with Crippen molar-refractivity contribution in [2.24, 2.45) is 0 Å². The van der Waals surface area contributed by atoms with Crippen LogP contribution in [0.4, 0.5) is 0 Å². The second-order valence-electron chi connectivity index (χ2n) is 7.93. The van der Waals surface area contributed by atoms with E-state index in [0.717, 1.165) is 39.5 Å². The molecule has 0 radical (unpaired) electrons. The van der Waals surface area contributed by atoms with E-state index in [0.29, 0.717) is 6.54 Å². The summed E-state index contributed by atoms with van der Waals surface area (Å²) in [6.45, 7) is 2.85. The number of fused-ring (bicyclic) bond motifs is 3. The van der Waals surface area contributed by atoms with Crippen molar-refractivity contribution in [2.75, 3.05) is 5.75 Å². The first kappa shape index (κ1) is 20.7. The number of hydrogen-bond donors (Lipinski definition) is 0. The molecule has 0 fully saturated rings. The minimum atomic E-state index is 0.159. The van der Waals surface area contributed by atoms with Crippen molar-refractivity contribution >= 4 is 33.3 Å². The highest BCUT2D eigenvalue weighted by atomic mass is 32.2. The molecule has 0 atom stereocenters. The van der Waals surface area contributed by atoms with Gasteiger partial charge in [0.15, 0.2) is 5.16 Å². The fourth-order valence-electron chi connectivity index (χ4n) is 4.10. The van der Waals surface area contributed by atoms with E-state index in [-0.39, 0.29) is 5.56 Å². The van der Waals surface area contributed by atoms with E-state index in [9.17, 15) is 4.79 Å². The van der Waals surface area contributed by atoms with Crippen molar-refractivity contribution in [3.05, 3.63) is 56.7 Å². The fourth-order valence-corrected chi connectivity index (χ4v) is 6.40. The Labute approximate surface area is 181 Å². The molecule has 5 heteroatoms. The van der Waals surface area contributed by atoms with E-state index in [2.05, 4.69) is 19.1 Å². The van der Waals surface area contributed by atoms with Gasteiger partial charge < -0.3 is 0 Å². The first-order chi connectivity index (χ1) is 14.3. The van der Waals surface area contributed by atoms with Gasteiger partial charge in [0.2, 0.25) is 0 Å². The van der Waals surface area contributed by atoms with E-state index in [1.807, 2.05) is 22.8 Å². The van der Waals surface area contributed by atoms with Gasteiger partial charge in [-0.05, 0) is 43.2 Å². The Morgan fingerprint density at radius 1 is 1.07 bits per heavy atom. The van der Waals surface area contributed by atoms with Crippen LogP contribution in [0.25, 0.3) is 10.2 Å². The van der Waals surface area contributed by atoms with Crippen molar-refractivity contribution in [2.45, 2.75) is 76.4 Å². The number of aromatic nitrogens is 2. The molecule has 0 aliphatic heterocycles. The van der Waals surface area contributed by atoms with Crippen LogP contribution in [0.2, 0.25) is 0 Å². The number of thioether (sulfide) groups is 1. The average Bonchev–Trinajstić information content (AvgIpc) is 3.12. The van der Waals surface area contributed by atoms with E-state index < -0.39 is 0 Å². The molecule has 0 N–H and O–H groups in total. The minimum Gasteiger partial charge on any atom is -0.283 e. The highest BCUT2D eigenvalue weighted by molar-refractivity contribution is 7.99. The largest absolute Gasteiger partial charge is 0.283 e. The highest BCUT2D eigenvalue weighted by Gasteiger charge is 2.22. The molecule has 29 heavy (non-hydrogen) atoms. The summed E-state index contributed by atoms with van der Waals surface area (Å²) in [6, 6.07) is 10.3. The Hall–Kier alpha value is -1.59. The summed E-state index contributed by atoms with van der Waals surface area (Å²) < 4.78 is 1.93. The third-order valence-corrected chi connectivity index (χ3v) is 7.95. The number of thiophene rings is 1. The Morgan fingerprint density at radius 3 is 2.69 bits per heavy atom. The van der Waals surface area contributed by atoms with Crippen LogP contribution < -0.4 is 5.56 Å². The zero-order valence-corrected chi connectivity index (χ0v) is 18.9. The first-order valence-electron chi connectivity index (χ1n) is 11.0. The first-order valence-corrected chi connectivity index (χ1v) is 12.8. The molecule has 0 saturated carbocycles. The topological polar surface area (TPSA) is 34.9 Å². The third-order valence-electron chi connectivity index (χ3n) is 5.70. The van der Waals surface area contributed by atoms with Gasteiger partial charge in [-0.2, -0.15) is 0 Å². The predicted octanol–water partition coefficient (Wildman–Crippen LogP) is 6.45. The molecule has 2 heterocycles. The normalized spacial score (nSPS) is 13.7. The van der Waals surface area contributed by atoms with Gasteiger partial charge >= 0.3 is 0 Å². The van der Waals surface area contributed by atoms with Crippen molar-refractivity contribution < 1.29 is 0 Å². The second-order valence-corrected chi connectivity index (χ2v) is 10.1. The zero-order valence-electron chi connectivity index (χ0n) is 17.3. The van der Waals surface area contributed by atoms with Crippen LogP contribution >= 0.6 is 23.1 Å². The molecule has 1 aliphatic rings. The molecular formula is C24H30N2OS2. The van der Waals surface area contributed by atoms with E-state index in [4.69, 9.17) is 4.98 Å². The summed E-state index contributed by atoms with van der Waals surface area (Å²) in [6.07, 6.45) is 10.9. The summed E-state index contributed by atoms with van der Waals surface area (Å²) in [7, 11) is 0. The summed E-state index contributed by atoms with van der Waals surface area (Å²) in [4.78, 5) is 20.9. The van der Waals surface area contributed by atoms with Gasteiger partial charge in [-0.1, -0.05) is 74.7 Å². The fraction of sp³-hybridized carbons (Fsp3) is 0.500. The van der Waals surface area contributed by atoms with E-state index in [1.165, 1.54) is 55.4 Å². The molecule has 3 aromatic rings. The van der Waals surface area contributed by atoms with Crippen molar-refractivity contribution in [1.82, 2.24) is 9.55 Å². The molecule has 0 bridgehead atoms. The molecule has 3 nitrogen and oxygen atoms in total. The van der Waals surface area contributed by atoms with Crippen LogP contribution in [0.1, 0.15) is 67.9 Å². The number of aryl methyl sites for hydroxylation is 2. The summed E-state index contributed by atoms with van der Waals surface area (Å²) in [5, 5.41) is 1.79. The predicted molar refractivity (Wildman–Crippen MR) is 126 cm³/mol. The maximum atomic E-state index is 13.6. The summed E-state index contributed by atoms with van der Waals surface area (Å²) >= 11 is 3.51. The molecule has 1 aliphatic carbocycles. The van der Waals surface area contributed by atoms with Gasteiger partial charge in [-0.25, -0.2) is 4.98 Å². The zero-order chi connectivity index (χ0) is 20.1. The van der Waals surface area contributed by atoms with Gasteiger partial charge in [-0.3, -0.25) is 9.36 Å². The average molecular weight is 427 g/mol. The van der Waals surface area contributed by atoms with Crippen molar-refractivity contribution in [3.8, 4) is 0 Å². The van der Waals surface area contributed by atoms with Gasteiger partial charge in [0.25, 0.3) is 5.56 Å². The van der Waals surface area contributed by atoms with Gasteiger partial charge in [0.1, 0.15) is 4.83 Å². The van der Waals surface area contributed by atoms with E-state index >= 15 is 0 Å². The highest BCUT2D eigenvalue weighted by Crippen LogP contribution is 2.35. The Bertz CT molecular complexity index is 1010. The molecular weight excluding hydrogens is 396 g/mol. The lowest BCUT2D eigenvalue weighted by atomic mass is 9.97. The quantitative estimate of drug-likeness (QED) is 0.224. The lowest BCUT2D eigenvalue weighted by Crippen LogP contribution is -2.24. The Balaban J connectivity index is 1.66. The molecule has 0 unspecified atom stereocenters. The number of benzene rings is 1. The van der Waals surface area contributed by atoms with Crippen LogP contribution in [-0.4, -0.2) is 15.3 Å². The number of unbranched alkanes of at least 4 members (excludes halogenated alkanes) is 4. The molecule has 4 rings (SSSR count). The Morgan fingerprint density at radius 2 is 1.86 bits per heavy atom. The molecule has 154 valence electrons. The molecule has 1 aromatic carbocycles. The molecule has 2 aromatic heterocycles. The van der Waals surface area contributed by atoms with Crippen LogP contribution in [-0.2, 0) is 19.4 Å². The summed E-state index contributed by atoms with van der Waals surface area (Å²) in [5.41, 5.74) is 2.60. The van der Waals surface area contributed by atoms with Gasteiger partial charge in [0, 0.05) is 10.6 Å². The van der Waals surface area contributed by atoms with E-state index in [1.54, 1.807) is 23.1 Å². The standard InChI is InChI=1S/C24H30N2OS2/c1-2-3-4-5-11-16-28-24-25-22-21(19-14-9-10-15-20(19)29-22)23(27)26(24)17-18-12-7-6-8-13-18/h6-8,12-13H,2-5,9-11,14-17H2,1H3. The third kappa shape index (κ3) is 4.77. The number of hydrogen-bond acceptors (Lipinski definition) is 4. The number of rotatable bonds is 9. The number of nitrogens with zero attached hydrogens (tertiary/aromatic N) is 2. The SMILES string of the molecule is CCCCCCCSc1nc2sc3c(c2c(=O)n1Cc1ccccc1)CCCC3. The lowest BCUT2D eigenvalue weighted by molar-refractivity contribution is 0.648.